The van der Waals surface area contributed by atoms with Gasteiger partial charge >= 0.3 is 0 Å². The van der Waals surface area contributed by atoms with Gasteiger partial charge in [0.05, 0.1) is 11.4 Å². The predicted octanol–water partition coefficient (Wildman–Crippen LogP) is 12.7. The van der Waals surface area contributed by atoms with Gasteiger partial charge in [-0.25, -0.2) is 8.78 Å². The standard InChI is InChI=1S/C54H37F2NSi/c55-49-20-10-12-22-51(49)57(52-23-13-11-21-50(52)56)42-31-26-38(27-32-42)46-33-28-41-29-34-47-39(24-25-40-30-35-48(46)54(41)53(40)47)36-37-58(43-14-4-1-5-15-43,44-16-6-2-7-17-44)45-18-8-3-9-19-45/h1-37H/b37-36+. The Kier molecular flexibility index (Phi) is 8.97. The molecule has 0 amide bonds. The molecule has 0 heterocycles. The van der Waals surface area contributed by atoms with Gasteiger partial charge in [-0.05, 0) is 101 Å². The van der Waals surface area contributed by atoms with E-state index in [0.29, 0.717) is 5.69 Å². The number of benzene rings is 10. The van der Waals surface area contributed by atoms with E-state index in [1.54, 1.807) is 41.3 Å². The molecule has 0 saturated heterocycles. The molecule has 0 aliphatic carbocycles. The van der Waals surface area contributed by atoms with Gasteiger partial charge in [0.15, 0.2) is 8.07 Å². The summed E-state index contributed by atoms with van der Waals surface area (Å²) in [7, 11) is -2.61. The fourth-order valence-electron chi connectivity index (χ4n) is 8.79. The van der Waals surface area contributed by atoms with Crippen LogP contribution in [0.3, 0.4) is 0 Å². The summed E-state index contributed by atoms with van der Waals surface area (Å²) in [6.45, 7) is 0. The molecule has 0 aromatic heterocycles. The van der Waals surface area contributed by atoms with Crippen LogP contribution in [0.2, 0.25) is 0 Å². The summed E-state index contributed by atoms with van der Waals surface area (Å²) in [5.74, 6) is -0.854. The minimum atomic E-state index is -2.61. The van der Waals surface area contributed by atoms with Gasteiger partial charge in [0, 0.05) is 5.69 Å². The van der Waals surface area contributed by atoms with Crippen molar-refractivity contribution in [2.75, 3.05) is 4.90 Å². The maximum absolute atomic E-state index is 15.3. The SMILES string of the molecule is Fc1ccccc1N(c1ccc(-c2ccc3ccc4c(/C=C/[Si](c5ccccc5)(c5ccccc5)c5ccccc5)ccc5ccc2c3c54)cc1)c1ccccc1F. The number of hydrogen-bond acceptors (Lipinski definition) is 1. The predicted molar refractivity (Wildman–Crippen MR) is 243 cm³/mol. The van der Waals surface area contributed by atoms with Crippen LogP contribution in [-0.2, 0) is 0 Å². The van der Waals surface area contributed by atoms with Crippen molar-refractivity contribution in [1.82, 2.24) is 0 Å². The van der Waals surface area contributed by atoms with Crippen molar-refractivity contribution in [3.63, 3.8) is 0 Å². The Hall–Kier alpha value is -7.14. The van der Waals surface area contributed by atoms with Crippen molar-refractivity contribution in [3.05, 3.63) is 235 Å². The molecular weight excluding hydrogens is 729 g/mol. The van der Waals surface area contributed by atoms with Crippen LogP contribution < -0.4 is 20.5 Å². The van der Waals surface area contributed by atoms with Crippen LogP contribution in [0.4, 0.5) is 25.8 Å². The van der Waals surface area contributed by atoms with E-state index < -0.39 is 19.7 Å². The van der Waals surface area contributed by atoms with Crippen molar-refractivity contribution in [3.8, 4) is 11.1 Å². The zero-order valence-electron chi connectivity index (χ0n) is 31.6. The lowest BCUT2D eigenvalue weighted by atomic mass is 9.88. The highest BCUT2D eigenvalue weighted by Crippen LogP contribution is 2.42. The molecule has 1 nitrogen and oxygen atoms in total. The zero-order valence-corrected chi connectivity index (χ0v) is 32.6. The molecule has 4 heteroatoms. The first-order valence-corrected chi connectivity index (χ1v) is 21.6. The molecule has 0 radical (unpaired) electrons. The first-order chi connectivity index (χ1) is 28.6. The van der Waals surface area contributed by atoms with Gasteiger partial charge in [-0.1, -0.05) is 188 Å². The number of nitrogens with zero attached hydrogens (tertiary/aromatic N) is 1. The molecule has 58 heavy (non-hydrogen) atoms. The molecular formula is C54H37F2NSi. The van der Waals surface area contributed by atoms with Crippen LogP contribution >= 0.6 is 0 Å². The Morgan fingerprint density at radius 1 is 0.397 bits per heavy atom. The summed E-state index contributed by atoms with van der Waals surface area (Å²) in [5, 5.41) is 11.2. The lowest BCUT2D eigenvalue weighted by Crippen LogP contribution is -2.66. The van der Waals surface area contributed by atoms with Gasteiger partial charge < -0.3 is 4.90 Å². The summed E-state index contributed by atoms with van der Waals surface area (Å²) in [6.07, 6.45) is 2.36. The third-order valence-corrected chi connectivity index (χ3v) is 15.9. The quantitative estimate of drug-likeness (QED) is 0.0804. The topological polar surface area (TPSA) is 3.24 Å². The van der Waals surface area contributed by atoms with Crippen molar-refractivity contribution in [1.29, 1.82) is 0 Å². The number of para-hydroxylation sites is 2. The van der Waals surface area contributed by atoms with Crippen LogP contribution in [0, 0.1) is 11.6 Å². The van der Waals surface area contributed by atoms with E-state index in [-0.39, 0.29) is 11.4 Å². The van der Waals surface area contributed by atoms with Crippen LogP contribution in [0.1, 0.15) is 5.56 Å². The van der Waals surface area contributed by atoms with Gasteiger partial charge in [0.1, 0.15) is 11.6 Å². The number of anilines is 3. The van der Waals surface area contributed by atoms with E-state index in [4.69, 9.17) is 0 Å². The van der Waals surface area contributed by atoms with Crippen LogP contribution in [0.25, 0.3) is 49.5 Å². The highest BCUT2D eigenvalue weighted by Gasteiger charge is 2.36. The molecule has 0 atom stereocenters. The highest BCUT2D eigenvalue weighted by molar-refractivity contribution is 7.15. The van der Waals surface area contributed by atoms with E-state index in [1.165, 1.54) is 60.2 Å². The van der Waals surface area contributed by atoms with Gasteiger partial charge in [0.2, 0.25) is 0 Å². The van der Waals surface area contributed by atoms with Crippen molar-refractivity contribution in [2.24, 2.45) is 0 Å². The Labute approximate surface area is 337 Å². The average molecular weight is 766 g/mol. The fourth-order valence-corrected chi connectivity index (χ4v) is 13.0. The first-order valence-electron chi connectivity index (χ1n) is 19.6. The molecule has 0 saturated carbocycles. The van der Waals surface area contributed by atoms with Crippen LogP contribution in [0.5, 0.6) is 0 Å². The maximum atomic E-state index is 15.3. The molecule has 0 aliphatic heterocycles. The Morgan fingerprint density at radius 3 is 1.38 bits per heavy atom. The number of rotatable bonds is 9. The monoisotopic (exact) mass is 765 g/mol. The molecule has 0 bridgehead atoms. The second-order valence-corrected chi connectivity index (χ2v) is 18.4. The smallest absolute Gasteiger partial charge is 0.172 e. The maximum Gasteiger partial charge on any atom is 0.172 e. The minimum absolute atomic E-state index is 0.282. The normalized spacial score (nSPS) is 11.9. The largest absolute Gasteiger partial charge is 0.305 e. The summed E-state index contributed by atoms with van der Waals surface area (Å²) in [4.78, 5) is 1.64. The Bertz CT molecular complexity index is 2930. The third-order valence-electron chi connectivity index (χ3n) is 11.5. The lowest BCUT2D eigenvalue weighted by molar-refractivity contribution is 0.619. The molecule has 0 N–H and O–H groups in total. The van der Waals surface area contributed by atoms with Crippen LogP contribution in [0.15, 0.2) is 218 Å². The molecule has 10 aromatic rings. The fraction of sp³-hybridized carbons (Fsp3) is 0. The molecule has 276 valence electrons. The van der Waals surface area contributed by atoms with Gasteiger partial charge in [-0.3, -0.25) is 0 Å². The molecule has 0 fully saturated rings. The van der Waals surface area contributed by atoms with Crippen LogP contribution in [-0.4, -0.2) is 8.07 Å². The van der Waals surface area contributed by atoms with Gasteiger partial charge in [-0.15, -0.1) is 0 Å². The van der Waals surface area contributed by atoms with E-state index in [1.807, 2.05) is 24.3 Å². The van der Waals surface area contributed by atoms with Crippen molar-refractivity contribution >= 4 is 79.1 Å². The molecule has 0 unspecified atom stereocenters. The molecule has 10 aromatic carbocycles. The van der Waals surface area contributed by atoms with Crippen molar-refractivity contribution < 1.29 is 8.78 Å². The Balaban J connectivity index is 1.11. The summed E-state index contributed by atoms with van der Waals surface area (Å²) in [5.41, 5.74) is 7.03. The highest BCUT2D eigenvalue weighted by atomic mass is 28.3. The number of hydrogen-bond donors (Lipinski definition) is 0. The second-order valence-electron chi connectivity index (χ2n) is 14.7. The molecule has 10 rings (SSSR count). The van der Waals surface area contributed by atoms with E-state index in [9.17, 15) is 0 Å². The molecule has 0 aliphatic rings. The van der Waals surface area contributed by atoms with E-state index >= 15 is 8.78 Å². The first kappa shape index (κ1) is 35.3. The van der Waals surface area contributed by atoms with Gasteiger partial charge in [0.25, 0.3) is 0 Å². The summed E-state index contributed by atoms with van der Waals surface area (Å²) in [6, 6.07) is 71.7. The second kappa shape index (κ2) is 14.7. The van der Waals surface area contributed by atoms with Crippen molar-refractivity contribution in [2.45, 2.75) is 0 Å². The summed E-state index contributed by atoms with van der Waals surface area (Å²) >= 11 is 0. The number of halogens is 2. The minimum Gasteiger partial charge on any atom is -0.305 e. The Morgan fingerprint density at radius 2 is 0.845 bits per heavy atom. The molecule has 0 spiro atoms. The zero-order chi connectivity index (χ0) is 39.1. The van der Waals surface area contributed by atoms with E-state index in [0.717, 1.165) is 16.5 Å². The summed E-state index contributed by atoms with van der Waals surface area (Å²) < 4.78 is 30.5. The van der Waals surface area contributed by atoms with Gasteiger partial charge in [-0.2, -0.15) is 0 Å². The average Bonchev–Trinajstić information content (AvgIpc) is 3.29. The lowest BCUT2D eigenvalue weighted by Gasteiger charge is -2.31. The third kappa shape index (κ3) is 5.97. The van der Waals surface area contributed by atoms with E-state index in [2.05, 4.69) is 151 Å².